The number of rotatable bonds is 4. The Bertz CT molecular complexity index is 588. The fraction of sp³-hybridized carbons (Fsp3) is 0.167. The van der Waals surface area contributed by atoms with Gasteiger partial charge in [-0.2, -0.15) is 0 Å². The van der Waals surface area contributed by atoms with Crippen molar-refractivity contribution in [2.45, 2.75) is 12.8 Å². The van der Waals surface area contributed by atoms with Gasteiger partial charge in [0.15, 0.2) is 5.78 Å². The number of hydrogen-bond donors (Lipinski definition) is 2. The van der Waals surface area contributed by atoms with Gasteiger partial charge in [-0.25, -0.2) is 0 Å². The zero-order valence-corrected chi connectivity index (χ0v) is 10.5. The zero-order chi connectivity index (χ0) is 12.4. The standard InChI is InChI=1S/C12H10BrNO3/c13-8-2-1-3-9-12(8)7(6-14-9)10(15)4-5-11(16)17/h1-3,6,14H,4-5H2,(H,16,17). The summed E-state index contributed by atoms with van der Waals surface area (Å²) >= 11 is 3.39. The van der Waals surface area contributed by atoms with Gasteiger partial charge in [0.2, 0.25) is 0 Å². The van der Waals surface area contributed by atoms with E-state index in [0.29, 0.717) is 5.56 Å². The number of carboxylic acid groups (broad SMARTS) is 1. The molecule has 2 N–H and O–H groups in total. The van der Waals surface area contributed by atoms with Crippen LogP contribution in [0.3, 0.4) is 0 Å². The summed E-state index contributed by atoms with van der Waals surface area (Å²) in [5.41, 5.74) is 1.40. The number of aromatic nitrogens is 1. The number of ketones is 1. The maximum atomic E-state index is 11.9. The van der Waals surface area contributed by atoms with E-state index >= 15 is 0 Å². The molecule has 0 spiro atoms. The molecule has 0 aliphatic carbocycles. The predicted molar refractivity (Wildman–Crippen MR) is 67.2 cm³/mol. The van der Waals surface area contributed by atoms with Gasteiger partial charge in [0, 0.05) is 33.6 Å². The van der Waals surface area contributed by atoms with Crippen LogP contribution in [-0.2, 0) is 4.79 Å². The number of fused-ring (bicyclic) bond motifs is 1. The number of aliphatic carboxylic acids is 1. The number of halogens is 1. The van der Waals surface area contributed by atoms with Crippen molar-refractivity contribution < 1.29 is 14.7 Å². The van der Waals surface area contributed by atoms with Gasteiger partial charge in [-0.1, -0.05) is 22.0 Å². The average molecular weight is 296 g/mol. The Balaban J connectivity index is 2.36. The predicted octanol–water partition coefficient (Wildman–Crippen LogP) is 2.98. The van der Waals surface area contributed by atoms with E-state index in [4.69, 9.17) is 5.11 Å². The van der Waals surface area contributed by atoms with Gasteiger partial charge in [-0.15, -0.1) is 0 Å². The summed E-state index contributed by atoms with van der Waals surface area (Å²) in [4.78, 5) is 25.3. The first kappa shape index (κ1) is 11.9. The highest BCUT2D eigenvalue weighted by atomic mass is 79.9. The van der Waals surface area contributed by atoms with E-state index in [0.717, 1.165) is 15.4 Å². The van der Waals surface area contributed by atoms with Crippen LogP contribution in [0, 0.1) is 0 Å². The van der Waals surface area contributed by atoms with E-state index in [1.807, 2.05) is 18.2 Å². The van der Waals surface area contributed by atoms with Crippen molar-refractivity contribution in [1.29, 1.82) is 0 Å². The fourth-order valence-electron chi connectivity index (χ4n) is 1.72. The molecule has 0 amide bonds. The van der Waals surface area contributed by atoms with Crippen molar-refractivity contribution in [3.05, 3.63) is 34.4 Å². The molecule has 0 aliphatic rings. The smallest absolute Gasteiger partial charge is 0.303 e. The Kier molecular flexibility index (Phi) is 3.28. The number of benzene rings is 1. The van der Waals surface area contributed by atoms with Crippen LogP contribution < -0.4 is 0 Å². The van der Waals surface area contributed by atoms with Crippen LogP contribution in [0.15, 0.2) is 28.9 Å². The van der Waals surface area contributed by atoms with Crippen LogP contribution in [-0.4, -0.2) is 21.8 Å². The molecule has 5 heteroatoms. The van der Waals surface area contributed by atoms with E-state index in [1.54, 1.807) is 6.20 Å². The molecule has 4 nitrogen and oxygen atoms in total. The second-order valence-corrected chi connectivity index (χ2v) is 4.54. The number of Topliss-reactive ketones (excluding diaryl/α,β-unsaturated/α-hetero) is 1. The molecule has 0 fully saturated rings. The van der Waals surface area contributed by atoms with E-state index < -0.39 is 5.97 Å². The molecule has 88 valence electrons. The molecule has 2 rings (SSSR count). The molecular formula is C12H10BrNO3. The lowest BCUT2D eigenvalue weighted by Gasteiger charge is -1.99. The molecule has 1 heterocycles. The third-order valence-corrected chi connectivity index (χ3v) is 3.18. The number of carbonyl (C=O) groups is 2. The summed E-state index contributed by atoms with van der Waals surface area (Å²) in [6, 6.07) is 5.59. The lowest BCUT2D eigenvalue weighted by atomic mass is 10.1. The number of nitrogens with one attached hydrogen (secondary N) is 1. The molecule has 0 atom stereocenters. The summed E-state index contributed by atoms with van der Waals surface area (Å²) in [6.07, 6.45) is 1.50. The van der Waals surface area contributed by atoms with Crippen molar-refractivity contribution in [2.24, 2.45) is 0 Å². The molecule has 0 unspecified atom stereocenters. The zero-order valence-electron chi connectivity index (χ0n) is 8.87. The van der Waals surface area contributed by atoms with Gasteiger partial charge >= 0.3 is 5.97 Å². The molecule has 0 aliphatic heterocycles. The Hall–Kier alpha value is -1.62. The minimum Gasteiger partial charge on any atom is -0.481 e. The topological polar surface area (TPSA) is 70.2 Å². The van der Waals surface area contributed by atoms with Crippen molar-refractivity contribution in [1.82, 2.24) is 4.98 Å². The third-order valence-electron chi connectivity index (χ3n) is 2.52. The van der Waals surface area contributed by atoms with Crippen LogP contribution in [0.4, 0.5) is 0 Å². The second-order valence-electron chi connectivity index (χ2n) is 3.68. The van der Waals surface area contributed by atoms with Crippen LogP contribution in [0.2, 0.25) is 0 Å². The second kappa shape index (κ2) is 4.71. The summed E-state index contributed by atoms with van der Waals surface area (Å²) < 4.78 is 0.829. The first-order chi connectivity index (χ1) is 8.09. The molecule has 1 aromatic carbocycles. The number of aromatic amines is 1. The first-order valence-electron chi connectivity index (χ1n) is 5.10. The molecule has 0 bridgehead atoms. The van der Waals surface area contributed by atoms with Crippen molar-refractivity contribution >= 4 is 38.6 Å². The van der Waals surface area contributed by atoms with Gasteiger partial charge in [-0.3, -0.25) is 9.59 Å². The minimum absolute atomic E-state index is 0.0175. The molecule has 0 saturated heterocycles. The summed E-state index contributed by atoms with van der Waals surface area (Å²) in [5, 5.41) is 9.37. The number of carboxylic acids is 1. The third kappa shape index (κ3) is 2.39. The van der Waals surface area contributed by atoms with Gasteiger partial charge < -0.3 is 10.1 Å². The van der Waals surface area contributed by atoms with Crippen LogP contribution in [0.25, 0.3) is 10.9 Å². The fourth-order valence-corrected chi connectivity index (χ4v) is 2.30. The highest BCUT2D eigenvalue weighted by molar-refractivity contribution is 9.10. The monoisotopic (exact) mass is 295 g/mol. The maximum absolute atomic E-state index is 11.9. The van der Waals surface area contributed by atoms with E-state index in [2.05, 4.69) is 20.9 Å². The van der Waals surface area contributed by atoms with Crippen molar-refractivity contribution in [2.75, 3.05) is 0 Å². The van der Waals surface area contributed by atoms with Crippen LogP contribution in [0.1, 0.15) is 23.2 Å². The molecule has 0 radical (unpaired) electrons. The number of carbonyl (C=O) groups excluding carboxylic acids is 1. The minimum atomic E-state index is -0.961. The average Bonchev–Trinajstić information content (AvgIpc) is 2.71. The van der Waals surface area contributed by atoms with Crippen LogP contribution >= 0.6 is 15.9 Å². The molecule has 1 aromatic heterocycles. The van der Waals surface area contributed by atoms with E-state index in [9.17, 15) is 9.59 Å². The molecule has 0 saturated carbocycles. The Labute approximate surface area is 106 Å². The van der Waals surface area contributed by atoms with E-state index in [1.165, 1.54) is 0 Å². The van der Waals surface area contributed by atoms with Crippen molar-refractivity contribution in [3.63, 3.8) is 0 Å². The molecule has 17 heavy (non-hydrogen) atoms. The van der Waals surface area contributed by atoms with E-state index in [-0.39, 0.29) is 18.6 Å². The quantitative estimate of drug-likeness (QED) is 0.852. The lowest BCUT2D eigenvalue weighted by molar-refractivity contribution is -0.136. The first-order valence-corrected chi connectivity index (χ1v) is 5.89. The van der Waals surface area contributed by atoms with Gasteiger partial charge in [0.05, 0.1) is 6.42 Å². The Morgan fingerprint density at radius 2 is 2.06 bits per heavy atom. The molecule has 2 aromatic rings. The van der Waals surface area contributed by atoms with Crippen LogP contribution in [0.5, 0.6) is 0 Å². The maximum Gasteiger partial charge on any atom is 0.303 e. The largest absolute Gasteiger partial charge is 0.481 e. The number of H-pyrrole nitrogens is 1. The summed E-state index contributed by atoms with van der Waals surface area (Å²) in [5.74, 6) is -1.12. The Morgan fingerprint density at radius 1 is 1.29 bits per heavy atom. The lowest BCUT2D eigenvalue weighted by Crippen LogP contribution is -2.03. The highest BCUT2D eigenvalue weighted by Crippen LogP contribution is 2.27. The Morgan fingerprint density at radius 3 is 2.76 bits per heavy atom. The normalized spacial score (nSPS) is 10.6. The SMILES string of the molecule is O=C(O)CCC(=O)c1c[nH]c2cccc(Br)c12. The van der Waals surface area contributed by atoms with Gasteiger partial charge in [0.25, 0.3) is 0 Å². The van der Waals surface area contributed by atoms with Gasteiger partial charge in [-0.05, 0) is 12.1 Å². The highest BCUT2D eigenvalue weighted by Gasteiger charge is 2.14. The summed E-state index contributed by atoms with van der Waals surface area (Å²) in [6.45, 7) is 0. The molecular weight excluding hydrogens is 286 g/mol. The number of hydrogen-bond acceptors (Lipinski definition) is 2. The summed E-state index contributed by atoms with van der Waals surface area (Å²) in [7, 11) is 0. The van der Waals surface area contributed by atoms with Crippen molar-refractivity contribution in [3.8, 4) is 0 Å². The van der Waals surface area contributed by atoms with Gasteiger partial charge in [0.1, 0.15) is 0 Å².